The van der Waals surface area contributed by atoms with Gasteiger partial charge in [-0.2, -0.15) is 9.57 Å². The number of hydrogen-bond donors (Lipinski definition) is 0. The minimum Gasteiger partial charge on any atom is -0.361 e. The fraction of sp³-hybridized carbons (Fsp3) is 0.400. The van der Waals surface area contributed by atoms with Gasteiger partial charge in [-0.3, -0.25) is 4.98 Å². The molecule has 0 saturated carbocycles. The molecule has 1 aromatic rings. The number of nitriles is 1. The lowest BCUT2D eigenvalue weighted by Gasteiger charge is -2.28. The summed E-state index contributed by atoms with van der Waals surface area (Å²) in [6.07, 6.45) is 1.21. The minimum absolute atomic E-state index is 0.0602. The molecule has 0 aromatic carbocycles. The van der Waals surface area contributed by atoms with Gasteiger partial charge in [-0.05, 0) is 6.07 Å². The van der Waals surface area contributed by atoms with Gasteiger partial charge >= 0.3 is 0 Å². The third-order valence-electron chi connectivity index (χ3n) is 2.49. The Hall–Kier alpha value is -1.56. The summed E-state index contributed by atoms with van der Waals surface area (Å²) < 4.78 is 43.4. The third kappa shape index (κ3) is 2.48. The number of pyridine rings is 1. The summed E-state index contributed by atoms with van der Waals surface area (Å²) in [5, 5.41) is 8.72. The van der Waals surface area contributed by atoms with E-state index in [0.29, 0.717) is 0 Å². The molecule has 6 nitrogen and oxygen atoms in total. The molecule has 8 heteroatoms. The van der Waals surface area contributed by atoms with Crippen molar-refractivity contribution in [3.8, 4) is 6.07 Å². The Labute approximate surface area is 104 Å². The molecule has 1 unspecified atom stereocenters. The molecule has 0 spiro atoms. The molecule has 0 radical (unpaired) electrons. The summed E-state index contributed by atoms with van der Waals surface area (Å²) in [6.45, 7) is 0.215. The van der Waals surface area contributed by atoms with Gasteiger partial charge in [-0.15, -0.1) is 0 Å². The second kappa shape index (κ2) is 4.97. The molecular weight excluding hydrogens is 261 g/mol. The average Bonchev–Trinajstić information content (AvgIpc) is 2.39. The number of sulfonamides is 1. The minimum atomic E-state index is -3.83. The average molecular weight is 271 g/mol. The van der Waals surface area contributed by atoms with Crippen LogP contribution in [0.5, 0.6) is 0 Å². The maximum atomic E-state index is 13.0. The first-order valence-electron chi connectivity index (χ1n) is 5.16. The molecule has 96 valence electrons. The van der Waals surface area contributed by atoms with E-state index in [4.69, 9.17) is 10.00 Å². The molecule has 0 bridgehead atoms. The lowest BCUT2D eigenvalue weighted by atomic mass is 10.3. The van der Waals surface area contributed by atoms with Crippen LogP contribution < -0.4 is 0 Å². The van der Waals surface area contributed by atoms with Crippen molar-refractivity contribution in [2.75, 3.05) is 19.7 Å². The molecule has 1 fully saturated rings. The van der Waals surface area contributed by atoms with E-state index in [9.17, 15) is 12.8 Å². The van der Waals surface area contributed by atoms with Crippen LogP contribution in [0.3, 0.4) is 0 Å². The van der Waals surface area contributed by atoms with Gasteiger partial charge in [-0.25, -0.2) is 12.8 Å². The number of hydrogen-bond acceptors (Lipinski definition) is 5. The number of rotatable bonds is 2. The van der Waals surface area contributed by atoms with E-state index in [1.165, 1.54) is 0 Å². The van der Waals surface area contributed by atoms with Crippen molar-refractivity contribution >= 4 is 10.0 Å². The molecule has 0 N–H and O–H groups in total. The van der Waals surface area contributed by atoms with E-state index in [0.717, 1.165) is 22.8 Å². The van der Waals surface area contributed by atoms with Crippen molar-refractivity contribution in [1.29, 1.82) is 5.26 Å². The number of halogens is 1. The SMILES string of the molecule is N#CC1CN(S(=O)(=O)c2cncc(F)c2)CCO1. The lowest BCUT2D eigenvalue weighted by Crippen LogP contribution is -2.45. The Balaban J connectivity index is 2.29. The number of aromatic nitrogens is 1. The summed E-state index contributed by atoms with van der Waals surface area (Å²) in [5.74, 6) is -0.721. The first kappa shape index (κ1) is 12.9. The van der Waals surface area contributed by atoms with E-state index in [1.54, 1.807) is 0 Å². The third-order valence-corrected chi connectivity index (χ3v) is 4.32. The second-order valence-corrected chi connectivity index (χ2v) is 5.63. The first-order chi connectivity index (χ1) is 8.54. The Morgan fingerprint density at radius 2 is 2.33 bits per heavy atom. The first-order valence-corrected chi connectivity index (χ1v) is 6.60. The highest BCUT2D eigenvalue weighted by molar-refractivity contribution is 7.89. The van der Waals surface area contributed by atoms with E-state index >= 15 is 0 Å². The summed E-state index contributed by atoms with van der Waals surface area (Å²) in [5.41, 5.74) is 0. The van der Waals surface area contributed by atoms with Crippen LogP contribution in [0, 0.1) is 17.1 Å². The standard InChI is InChI=1S/C10H10FN3O3S/c11-8-3-10(6-13-5-8)18(15,16)14-1-2-17-9(4-12)7-14/h3,5-6,9H,1-2,7H2. The monoisotopic (exact) mass is 271 g/mol. The van der Waals surface area contributed by atoms with Crippen molar-refractivity contribution in [1.82, 2.24) is 9.29 Å². The molecule has 2 heterocycles. The Morgan fingerprint density at radius 3 is 3.00 bits per heavy atom. The fourth-order valence-electron chi connectivity index (χ4n) is 1.60. The van der Waals surface area contributed by atoms with Crippen molar-refractivity contribution < 1.29 is 17.5 Å². The van der Waals surface area contributed by atoms with Crippen LogP contribution in [0.2, 0.25) is 0 Å². The van der Waals surface area contributed by atoms with Gasteiger partial charge in [0, 0.05) is 12.7 Å². The van der Waals surface area contributed by atoms with Crippen molar-refractivity contribution in [2.24, 2.45) is 0 Å². The van der Waals surface area contributed by atoms with E-state index in [-0.39, 0.29) is 24.6 Å². The Morgan fingerprint density at radius 1 is 1.56 bits per heavy atom. The topological polar surface area (TPSA) is 83.3 Å². The van der Waals surface area contributed by atoms with Crippen molar-refractivity contribution in [3.05, 3.63) is 24.3 Å². The summed E-state index contributed by atoms with van der Waals surface area (Å²) in [7, 11) is -3.83. The van der Waals surface area contributed by atoms with Gasteiger partial charge in [0.25, 0.3) is 0 Å². The molecular formula is C10H10FN3O3S. The smallest absolute Gasteiger partial charge is 0.244 e. The zero-order chi connectivity index (χ0) is 13.2. The number of nitrogens with zero attached hydrogens (tertiary/aromatic N) is 3. The van der Waals surface area contributed by atoms with E-state index in [1.807, 2.05) is 6.07 Å². The molecule has 1 atom stereocenters. The molecule has 1 aliphatic heterocycles. The van der Waals surface area contributed by atoms with Crippen LogP contribution in [0.4, 0.5) is 4.39 Å². The number of ether oxygens (including phenoxy) is 1. The zero-order valence-corrected chi connectivity index (χ0v) is 10.1. The maximum Gasteiger partial charge on any atom is 0.244 e. The summed E-state index contributed by atoms with van der Waals surface area (Å²) >= 11 is 0. The second-order valence-electron chi connectivity index (χ2n) is 3.69. The predicted octanol–water partition coefficient (Wildman–Crippen LogP) is 0.134. The van der Waals surface area contributed by atoms with E-state index in [2.05, 4.69) is 4.98 Å². The summed E-state index contributed by atoms with van der Waals surface area (Å²) in [4.78, 5) is 3.29. The molecule has 2 rings (SSSR count). The highest BCUT2D eigenvalue weighted by Gasteiger charge is 2.31. The van der Waals surface area contributed by atoms with Crippen LogP contribution in [-0.2, 0) is 14.8 Å². The van der Waals surface area contributed by atoms with Crippen LogP contribution >= 0.6 is 0 Å². The van der Waals surface area contributed by atoms with Gasteiger partial charge in [0.05, 0.1) is 25.4 Å². The van der Waals surface area contributed by atoms with Crippen LogP contribution in [-0.4, -0.2) is 43.5 Å². The van der Waals surface area contributed by atoms with E-state index < -0.39 is 21.9 Å². The molecule has 0 aliphatic carbocycles. The van der Waals surface area contributed by atoms with Crippen molar-refractivity contribution in [3.63, 3.8) is 0 Å². The fourth-order valence-corrected chi connectivity index (χ4v) is 3.00. The van der Waals surface area contributed by atoms with Crippen LogP contribution in [0.15, 0.2) is 23.4 Å². The van der Waals surface area contributed by atoms with Gasteiger partial charge in [0.2, 0.25) is 10.0 Å². The Kier molecular flexibility index (Phi) is 3.56. The quantitative estimate of drug-likeness (QED) is 0.763. The zero-order valence-electron chi connectivity index (χ0n) is 9.28. The van der Waals surface area contributed by atoms with Gasteiger partial charge in [0.15, 0.2) is 6.10 Å². The largest absolute Gasteiger partial charge is 0.361 e. The molecule has 1 aliphatic rings. The van der Waals surface area contributed by atoms with Gasteiger partial charge in [-0.1, -0.05) is 0 Å². The van der Waals surface area contributed by atoms with Crippen molar-refractivity contribution in [2.45, 2.75) is 11.0 Å². The van der Waals surface area contributed by atoms with Crippen LogP contribution in [0.1, 0.15) is 0 Å². The molecule has 1 saturated heterocycles. The molecule has 1 aromatic heterocycles. The molecule has 0 amide bonds. The van der Waals surface area contributed by atoms with Gasteiger partial charge < -0.3 is 4.74 Å². The molecule has 18 heavy (non-hydrogen) atoms. The predicted molar refractivity (Wildman–Crippen MR) is 58.3 cm³/mol. The maximum absolute atomic E-state index is 13.0. The normalized spacial score (nSPS) is 21.4. The van der Waals surface area contributed by atoms with Crippen LogP contribution in [0.25, 0.3) is 0 Å². The highest BCUT2D eigenvalue weighted by atomic mass is 32.2. The highest BCUT2D eigenvalue weighted by Crippen LogP contribution is 2.18. The Bertz CT molecular complexity index is 584. The van der Waals surface area contributed by atoms with Gasteiger partial charge in [0.1, 0.15) is 10.7 Å². The summed E-state index contributed by atoms with van der Waals surface area (Å²) in [6, 6.07) is 2.75. The number of morpholine rings is 1. The lowest BCUT2D eigenvalue weighted by molar-refractivity contribution is 0.0311.